The molecule has 1 aliphatic rings. The highest BCUT2D eigenvalue weighted by atomic mass is 14.7. The van der Waals surface area contributed by atoms with Crippen molar-refractivity contribution in [1.29, 1.82) is 5.26 Å². The zero-order valence-electron chi connectivity index (χ0n) is 5.33. The molecule has 1 aliphatic heterocycles. The average Bonchev–Trinajstić information content (AvgIpc) is 1.89. The average molecular weight is 120 g/mol. The van der Waals surface area contributed by atoms with E-state index in [1.165, 1.54) is 0 Å². The van der Waals surface area contributed by atoms with Gasteiger partial charge >= 0.3 is 0 Å². The first-order chi connectivity index (χ1) is 4.34. The molecule has 46 valence electrons. The van der Waals surface area contributed by atoms with Gasteiger partial charge in [-0.2, -0.15) is 5.26 Å². The molecule has 2 heteroatoms. The zero-order chi connectivity index (χ0) is 6.69. The quantitative estimate of drug-likeness (QED) is 0.472. The van der Waals surface area contributed by atoms with E-state index in [9.17, 15) is 0 Å². The van der Waals surface area contributed by atoms with Gasteiger partial charge in [0, 0.05) is 6.21 Å². The van der Waals surface area contributed by atoms with Crippen molar-refractivity contribution < 1.29 is 0 Å². The first-order valence-electron chi connectivity index (χ1n) is 2.91. The summed E-state index contributed by atoms with van der Waals surface area (Å²) in [6.07, 6.45) is 3.64. The monoisotopic (exact) mass is 120 g/mol. The first-order valence-corrected chi connectivity index (χ1v) is 2.91. The molecule has 0 saturated carbocycles. The second-order valence-corrected chi connectivity index (χ2v) is 2.11. The molecular formula is C7H8N2. The summed E-state index contributed by atoms with van der Waals surface area (Å²) in [6.45, 7) is 2.60. The Kier molecular flexibility index (Phi) is 1.64. The third kappa shape index (κ3) is 1.17. The molecule has 0 saturated heterocycles. The molecule has 1 atom stereocenters. The fourth-order valence-corrected chi connectivity index (χ4v) is 0.739. The maximum Gasteiger partial charge on any atom is 0.0868 e. The van der Waals surface area contributed by atoms with Crippen LogP contribution >= 0.6 is 0 Å². The van der Waals surface area contributed by atoms with Crippen molar-refractivity contribution in [2.45, 2.75) is 6.92 Å². The lowest BCUT2D eigenvalue weighted by atomic mass is 10.0. The summed E-state index contributed by atoms with van der Waals surface area (Å²) >= 11 is 0. The molecule has 1 unspecified atom stereocenters. The predicted octanol–water partition coefficient (Wildman–Crippen LogP) is 1.16. The van der Waals surface area contributed by atoms with Crippen molar-refractivity contribution in [3.63, 3.8) is 0 Å². The molecule has 0 aromatic rings. The van der Waals surface area contributed by atoms with Crippen molar-refractivity contribution in [2.75, 3.05) is 6.54 Å². The van der Waals surface area contributed by atoms with Gasteiger partial charge in [0.15, 0.2) is 0 Å². The van der Waals surface area contributed by atoms with Crippen molar-refractivity contribution in [1.82, 2.24) is 0 Å². The van der Waals surface area contributed by atoms with Crippen molar-refractivity contribution in [2.24, 2.45) is 10.9 Å². The molecule has 0 fully saturated rings. The van der Waals surface area contributed by atoms with E-state index in [1.807, 2.05) is 13.0 Å². The number of hydrogen-bond acceptors (Lipinski definition) is 2. The van der Waals surface area contributed by atoms with Crippen molar-refractivity contribution in [3.8, 4) is 6.07 Å². The van der Waals surface area contributed by atoms with Gasteiger partial charge in [0.05, 0.1) is 18.5 Å². The molecule has 2 nitrogen and oxygen atoms in total. The van der Waals surface area contributed by atoms with E-state index in [1.54, 1.807) is 6.21 Å². The normalized spacial score (nSPS) is 24.9. The van der Waals surface area contributed by atoms with Crippen LogP contribution < -0.4 is 0 Å². The number of nitrogens with zero attached hydrogens (tertiary/aromatic N) is 2. The molecule has 0 aliphatic carbocycles. The van der Waals surface area contributed by atoms with Crippen LogP contribution in [-0.4, -0.2) is 12.8 Å². The molecular weight excluding hydrogens is 112 g/mol. The molecule has 0 spiro atoms. The highest BCUT2D eigenvalue weighted by molar-refractivity contribution is 5.73. The summed E-state index contributed by atoms with van der Waals surface area (Å²) in [6, 6.07) is 2.17. The maximum atomic E-state index is 8.50. The number of rotatable bonds is 0. The molecule has 0 amide bonds. The van der Waals surface area contributed by atoms with Crippen LogP contribution in [0.5, 0.6) is 0 Å². The van der Waals surface area contributed by atoms with Gasteiger partial charge in [-0.15, -0.1) is 0 Å². The van der Waals surface area contributed by atoms with E-state index in [-0.39, 0.29) is 5.92 Å². The Bertz CT molecular complexity index is 195. The summed E-state index contributed by atoms with van der Waals surface area (Å²) in [5.74, 6) is 0.0231. The Morgan fingerprint density at radius 2 is 2.67 bits per heavy atom. The second-order valence-electron chi connectivity index (χ2n) is 2.11. The molecule has 9 heavy (non-hydrogen) atoms. The highest BCUT2D eigenvalue weighted by Gasteiger charge is 2.09. The molecule has 0 aromatic heterocycles. The second kappa shape index (κ2) is 2.45. The lowest BCUT2D eigenvalue weighted by Crippen LogP contribution is -2.06. The summed E-state index contributed by atoms with van der Waals surface area (Å²) in [5, 5.41) is 8.50. The Morgan fingerprint density at radius 1 is 1.89 bits per heavy atom. The van der Waals surface area contributed by atoms with E-state index in [4.69, 9.17) is 5.26 Å². The molecule has 1 heterocycles. The van der Waals surface area contributed by atoms with Gasteiger partial charge in [0.1, 0.15) is 0 Å². The van der Waals surface area contributed by atoms with Gasteiger partial charge in [-0.05, 0) is 13.0 Å². The van der Waals surface area contributed by atoms with E-state index >= 15 is 0 Å². The van der Waals surface area contributed by atoms with Gasteiger partial charge in [0.2, 0.25) is 0 Å². The lowest BCUT2D eigenvalue weighted by molar-refractivity contribution is 0.778. The van der Waals surface area contributed by atoms with E-state index in [0.29, 0.717) is 6.54 Å². The fraction of sp³-hybridized carbons (Fsp3) is 0.429. The van der Waals surface area contributed by atoms with Crippen LogP contribution in [0.25, 0.3) is 0 Å². The van der Waals surface area contributed by atoms with Crippen LogP contribution in [-0.2, 0) is 0 Å². The third-order valence-corrected chi connectivity index (χ3v) is 1.44. The van der Waals surface area contributed by atoms with E-state index in [2.05, 4.69) is 11.1 Å². The Labute approximate surface area is 54.5 Å². The molecule has 0 N–H and O–H groups in total. The minimum absolute atomic E-state index is 0.0231. The van der Waals surface area contributed by atoms with Crippen LogP contribution in [0.3, 0.4) is 0 Å². The van der Waals surface area contributed by atoms with Gasteiger partial charge < -0.3 is 0 Å². The summed E-state index contributed by atoms with van der Waals surface area (Å²) < 4.78 is 0. The number of dihydropyridines is 1. The Hall–Kier alpha value is -1.10. The number of allylic oxidation sites excluding steroid dienone is 1. The fourth-order valence-electron chi connectivity index (χ4n) is 0.739. The zero-order valence-corrected chi connectivity index (χ0v) is 5.33. The molecule has 0 radical (unpaired) electrons. The van der Waals surface area contributed by atoms with Gasteiger partial charge in [-0.25, -0.2) is 0 Å². The third-order valence-electron chi connectivity index (χ3n) is 1.44. The first kappa shape index (κ1) is 6.03. The van der Waals surface area contributed by atoms with Crippen LogP contribution in [0.4, 0.5) is 0 Å². The Balaban J connectivity index is 2.73. The topological polar surface area (TPSA) is 36.1 Å². The van der Waals surface area contributed by atoms with Crippen LogP contribution in [0, 0.1) is 17.2 Å². The standard InChI is InChI=1S/C7H8N2/c1-6-2-3-9-5-7(6)4-8/h2-3,7H,5H2,1H3. The molecule has 1 rings (SSSR count). The van der Waals surface area contributed by atoms with Gasteiger partial charge in [-0.1, -0.05) is 5.57 Å². The minimum atomic E-state index is 0.0231. The van der Waals surface area contributed by atoms with Gasteiger partial charge in [0.25, 0.3) is 0 Å². The number of aliphatic imine (C=N–C) groups is 1. The minimum Gasteiger partial charge on any atom is -0.291 e. The van der Waals surface area contributed by atoms with Crippen molar-refractivity contribution in [3.05, 3.63) is 11.6 Å². The van der Waals surface area contributed by atoms with E-state index in [0.717, 1.165) is 5.57 Å². The summed E-state index contributed by atoms with van der Waals surface area (Å²) in [7, 11) is 0. The predicted molar refractivity (Wildman–Crippen MR) is 36.2 cm³/mol. The van der Waals surface area contributed by atoms with Crippen molar-refractivity contribution >= 4 is 6.21 Å². The van der Waals surface area contributed by atoms with Crippen LogP contribution in [0.1, 0.15) is 6.92 Å². The SMILES string of the molecule is CC1=CC=NCC1C#N. The number of nitriles is 1. The molecule has 0 bridgehead atoms. The summed E-state index contributed by atoms with van der Waals surface area (Å²) in [5.41, 5.74) is 1.12. The van der Waals surface area contributed by atoms with Crippen LogP contribution in [0.2, 0.25) is 0 Å². The lowest BCUT2D eigenvalue weighted by Gasteiger charge is -2.07. The highest BCUT2D eigenvalue weighted by Crippen LogP contribution is 2.11. The molecule has 0 aromatic carbocycles. The van der Waals surface area contributed by atoms with Crippen LogP contribution in [0.15, 0.2) is 16.6 Å². The summed E-state index contributed by atoms with van der Waals surface area (Å²) in [4.78, 5) is 3.96. The largest absolute Gasteiger partial charge is 0.291 e. The maximum absolute atomic E-state index is 8.50. The smallest absolute Gasteiger partial charge is 0.0868 e. The van der Waals surface area contributed by atoms with Gasteiger partial charge in [-0.3, -0.25) is 4.99 Å². The Morgan fingerprint density at radius 3 is 3.11 bits per heavy atom. The number of hydrogen-bond donors (Lipinski definition) is 0. The van der Waals surface area contributed by atoms with E-state index < -0.39 is 0 Å².